The third kappa shape index (κ3) is 2.91. The van der Waals surface area contributed by atoms with Crippen LogP contribution in [0.5, 0.6) is 0 Å². The molecule has 2 rings (SSSR count). The van der Waals surface area contributed by atoms with Gasteiger partial charge in [-0.1, -0.05) is 19.1 Å². The molecule has 3 heteroatoms. The summed E-state index contributed by atoms with van der Waals surface area (Å²) in [5, 5.41) is 3.59. The molecule has 0 aliphatic carbocycles. The Balaban J connectivity index is 2.02. The highest BCUT2D eigenvalue weighted by atomic mass is 15.2. The lowest BCUT2D eigenvalue weighted by atomic mass is 10.0. The monoisotopic (exact) mass is 233 g/mol. The second-order valence-corrected chi connectivity index (χ2v) is 4.91. The highest BCUT2D eigenvalue weighted by Crippen LogP contribution is 2.24. The Morgan fingerprint density at radius 3 is 3.06 bits per heavy atom. The molecule has 94 valence electrons. The number of nitrogens with one attached hydrogen (secondary N) is 1. The topological polar surface area (TPSA) is 41.3 Å². The van der Waals surface area contributed by atoms with Crippen LogP contribution < -0.4 is 11.1 Å². The Kier molecular flexibility index (Phi) is 3.89. The van der Waals surface area contributed by atoms with Crippen molar-refractivity contribution >= 4 is 11.4 Å². The minimum atomic E-state index is 0.535. The van der Waals surface area contributed by atoms with Crippen LogP contribution in [0, 0.1) is 6.92 Å². The zero-order valence-electron chi connectivity index (χ0n) is 10.9. The molecule has 17 heavy (non-hydrogen) atoms. The normalized spacial score (nSPS) is 21.4. The quantitative estimate of drug-likeness (QED) is 0.788. The van der Waals surface area contributed by atoms with Gasteiger partial charge >= 0.3 is 0 Å². The number of nitrogens with zero attached hydrogens (tertiary/aromatic N) is 1. The fraction of sp³-hybridized carbons (Fsp3) is 0.571. The van der Waals surface area contributed by atoms with Crippen molar-refractivity contribution in [1.29, 1.82) is 0 Å². The second kappa shape index (κ2) is 5.41. The first-order valence-corrected chi connectivity index (χ1v) is 6.54. The Bertz CT molecular complexity index is 376. The lowest BCUT2D eigenvalue weighted by Crippen LogP contribution is -2.41. The molecule has 1 atom stereocenters. The molecule has 0 bridgehead atoms. The fourth-order valence-electron chi connectivity index (χ4n) is 2.49. The number of nitrogen functional groups attached to an aromatic ring is 1. The predicted octanol–water partition coefficient (Wildman–Crippen LogP) is 2.47. The van der Waals surface area contributed by atoms with E-state index in [2.05, 4.69) is 42.3 Å². The van der Waals surface area contributed by atoms with Crippen LogP contribution in [-0.4, -0.2) is 30.6 Å². The molecule has 1 unspecified atom stereocenters. The van der Waals surface area contributed by atoms with Crippen LogP contribution in [0.1, 0.15) is 25.3 Å². The van der Waals surface area contributed by atoms with Gasteiger partial charge in [0.1, 0.15) is 0 Å². The van der Waals surface area contributed by atoms with Crippen LogP contribution in [0.15, 0.2) is 18.2 Å². The standard InChI is InChI=1S/C14H23N3/c1-3-17-9-5-7-12(10-17)16-13-8-4-6-11(2)14(13)15/h4,6,8,12,16H,3,5,7,9-10,15H2,1-2H3. The number of para-hydroxylation sites is 1. The van der Waals surface area contributed by atoms with Crippen LogP contribution in [0.3, 0.4) is 0 Å². The molecule has 3 N–H and O–H groups in total. The van der Waals surface area contributed by atoms with Crippen molar-refractivity contribution in [3.8, 4) is 0 Å². The summed E-state index contributed by atoms with van der Waals surface area (Å²) >= 11 is 0. The van der Waals surface area contributed by atoms with Gasteiger partial charge in [-0.3, -0.25) is 0 Å². The zero-order valence-corrected chi connectivity index (χ0v) is 10.9. The molecule has 0 radical (unpaired) electrons. The summed E-state index contributed by atoms with van der Waals surface area (Å²) in [6, 6.07) is 6.73. The van der Waals surface area contributed by atoms with E-state index in [4.69, 9.17) is 5.73 Å². The van der Waals surface area contributed by atoms with Gasteiger partial charge in [-0.15, -0.1) is 0 Å². The van der Waals surface area contributed by atoms with Gasteiger partial charge in [0.15, 0.2) is 0 Å². The van der Waals surface area contributed by atoms with Gasteiger partial charge in [-0.05, 0) is 44.5 Å². The van der Waals surface area contributed by atoms with E-state index in [-0.39, 0.29) is 0 Å². The number of piperidine rings is 1. The van der Waals surface area contributed by atoms with Gasteiger partial charge in [0.25, 0.3) is 0 Å². The Labute approximate surface area is 104 Å². The summed E-state index contributed by atoms with van der Waals surface area (Å²) in [5.74, 6) is 0. The van der Waals surface area contributed by atoms with Gasteiger partial charge in [0, 0.05) is 12.6 Å². The highest BCUT2D eigenvalue weighted by Gasteiger charge is 2.18. The molecule has 0 saturated carbocycles. The fourth-order valence-corrected chi connectivity index (χ4v) is 2.49. The molecule has 1 aromatic carbocycles. The smallest absolute Gasteiger partial charge is 0.0579 e. The number of likely N-dealkylation sites (tertiary alicyclic amines) is 1. The van der Waals surface area contributed by atoms with Gasteiger partial charge in [0.05, 0.1) is 11.4 Å². The van der Waals surface area contributed by atoms with E-state index >= 15 is 0 Å². The minimum Gasteiger partial charge on any atom is -0.397 e. The van der Waals surface area contributed by atoms with E-state index in [9.17, 15) is 0 Å². The summed E-state index contributed by atoms with van der Waals surface area (Å²) in [6.07, 6.45) is 2.51. The first-order valence-electron chi connectivity index (χ1n) is 6.54. The zero-order chi connectivity index (χ0) is 12.3. The van der Waals surface area contributed by atoms with Crippen molar-refractivity contribution in [3.63, 3.8) is 0 Å². The molecule has 1 fully saturated rings. The average Bonchev–Trinajstić information content (AvgIpc) is 2.35. The van der Waals surface area contributed by atoms with E-state index in [1.165, 1.54) is 19.4 Å². The molecule has 1 saturated heterocycles. The van der Waals surface area contributed by atoms with Gasteiger partial charge < -0.3 is 16.0 Å². The lowest BCUT2D eigenvalue weighted by molar-refractivity contribution is 0.227. The van der Waals surface area contributed by atoms with Gasteiger partial charge in [-0.25, -0.2) is 0 Å². The second-order valence-electron chi connectivity index (χ2n) is 4.91. The van der Waals surface area contributed by atoms with Crippen molar-refractivity contribution in [2.24, 2.45) is 0 Å². The molecule has 1 heterocycles. The Hall–Kier alpha value is -1.22. The maximum Gasteiger partial charge on any atom is 0.0579 e. The molecular weight excluding hydrogens is 210 g/mol. The summed E-state index contributed by atoms with van der Waals surface area (Å²) in [5.41, 5.74) is 9.22. The molecule has 1 aliphatic heterocycles. The van der Waals surface area contributed by atoms with E-state index in [1.807, 2.05) is 0 Å². The van der Waals surface area contributed by atoms with Crippen molar-refractivity contribution < 1.29 is 0 Å². The summed E-state index contributed by atoms with van der Waals surface area (Å²) in [4.78, 5) is 2.49. The molecular formula is C14H23N3. The van der Waals surface area contributed by atoms with Gasteiger partial charge in [-0.2, -0.15) is 0 Å². The number of anilines is 2. The van der Waals surface area contributed by atoms with Crippen LogP contribution in [-0.2, 0) is 0 Å². The number of hydrogen-bond acceptors (Lipinski definition) is 3. The molecule has 3 nitrogen and oxygen atoms in total. The Morgan fingerprint density at radius 1 is 1.47 bits per heavy atom. The molecule has 1 aromatic rings. The number of benzene rings is 1. The Morgan fingerprint density at radius 2 is 2.29 bits per heavy atom. The van der Waals surface area contributed by atoms with Crippen LogP contribution in [0.25, 0.3) is 0 Å². The molecule has 1 aliphatic rings. The third-order valence-electron chi connectivity index (χ3n) is 3.64. The van der Waals surface area contributed by atoms with Crippen LogP contribution >= 0.6 is 0 Å². The number of hydrogen-bond donors (Lipinski definition) is 2. The van der Waals surface area contributed by atoms with Crippen molar-refractivity contribution in [2.45, 2.75) is 32.7 Å². The van der Waals surface area contributed by atoms with Crippen LogP contribution in [0.4, 0.5) is 11.4 Å². The molecule has 0 aromatic heterocycles. The van der Waals surface area contributed by atoms with E-state index in [0.29, 0.717) is 6.04 Å². The van der Waals surface area contributed by atoms with Crippen LogP contribution in [0.2, 0.25) is 0 Å². The summed E-state index contributed by atoms with van der Waals surface area (Å²) in [7, 11) is 0. The lowest BCUT2D eigenvalue weighted by Gasteiger charge is -2.33. The number of nitrogens with two attached hydrogens (primary N) is 1. The predicted molar refractivity (Wildman–Crippen MR) is 74.4 cm³/mol. The highest BCUT2D eigenvalue weighted by molar-refractivity contribution is 5.69. The third-order valence-corrected chi connectivity index (χ3v) is 3.64. The van der Waals surface area contributed by atoms with Crippen molar-refractivity contribution in [3.05, 3.63) is 23.8 Å². The summed E-state index contributed by atoms with van der Waals surface area (Å²) < 4.78 is 0. The first-order chi connectivity index (χ1) is 8.20. The van der Waals surface area contributed by atoms with E-state index in [1.54, 1.807) is 0 Å². The number of aryl methyl sites for hydroxylation is 1. The van der Waals surface area contributed by atoms with Crippen molar-refractivity contribution in [1.82, 2.24) is 4.90 Å². The van der Waals surface area contributed by atoms with E-state index < -0.39 is 0 Å². The maximum absolute atomic E-state index is 6.09. The number of likely N-dealkylation sites (N-methyl/N-ethyl adjacent to an activating group) is 1. The average molecular weight is 233 g/mol. The van der Waals surface area contributed by atoms with E-state index in [0.717, 1.165) is 30.0 Å². The SMILES string of the molecule is CCN1CCCC(Nc2cccc(C)c2N)C1. The summed E-state index contributed by atoms with van der Waals surface area (Å²) in [6.45, 7) is 7.78. The number of rotatable bonds is 3. The molecule has 0 amide bonds. The maximum atomic E-state index is 6.09. The van der Waals surface area contributed by atoms with Gasteiger partial charge in [0.2, 0.25) is 0 Å². The first kappa shape index (κ1) is 12.2. The minimum absolute atomic E-state index is 0.535. The van der Waals surface area contributed by atoms with Crippen molar-refractivity contribution in [2.75, 3.05) is 30.7 Å². The largest absolute Gasteiger partial charge is 0.397 e. The molecule has 0 spiro atoms.